The molecule has 0 spiro atoms. The number of carbonyl (C=O) groups is 1. The molecule has 2 N–H and O–H groups in total. The molecule has 2 aliphatic carbocycles. The van der Waals surface area contributed by atoms with Crippen molar-refractivity contribution >= 4 is 5.97 Å². The van der Waals surface area contributed by atoms with Crippen LogP contribution in [0.15, 0.2) is 12.2 Å². The summed E-state index contributed by atoms with van der Waals surface area (Å²) in [6.07, 6.45) is -28.2. The molecule has 17 heteroatoms. The Balaban J connectivity index is 2.07. The van der Waals surface area contributed by atoms with Gasteiger partial charge in [-0.2, -0.15) is 52.7 Å². The molecule has 2 bridgehead atoms. The van der Waals surface area contributed by atoms with Crippen LogP contribution in [0.25, 0.3) is 0 Å². The summed E-state index contributed by atoms with van der Waals surface area (Å²) < 4.78 is 162. The van der Waals surface area contributed by atoms with E-state index >= 15 is 0 Å². The van der Waals surface area contributed by atoms with Crippen LogP contribution < -0.4 is 0 Å². The van der Waals surface area contributed by atoms with Gasteiger partial charge in [-0.1, -0.05) is 6.58 Å². The third kappa shape index (κ3) is 5.50. The number of aliphatic hydroxyl groups is 2. The van der Waals surface area contributed by atoms with E-state index in [4.69, 9.17) is 9.84 Å². The maximum absolute atomic E-state index is 13.0. The van der Waals surface area contributed by atoms with Gasteiger partial charge >= 0.3 is 36.5 Å². The van der Waals surface area contributed by atoms with Crippen LogP contribution in [-0.4, -0.2) is 65.0 Å². The lowest BCUT2D eigenvalue weighted by Crippen LogP contribution is -2.59. The van der Waals surface area contributed by atoms with E-state index in [0.717, 1.165) is 0 Å². The highest BCUT2D eigenvalue weighted by Crippen LogP contribution is 2.56. The van der Waals surface area contributed by atoms with Gasteiger partial charge in [0.25, 0.3) is 5.60 Å². The maximum Gasteiger partial charge on any atom is 0.453 e. The third-order valence-electron chi connectivity index (χ3n) is 6.16. The second-order valence-corrected chi connectivity index (χ2v) is 8.53. The summed E-state index contributed by atoms with van der Waals surface area (Å²) in [4.78, 5) is 12.0. The molecule has 0 aromatic heterocycles. The molecule has 0 heterocycles. The number of halogens is 12. The summed E-state index contributed by atoms with van der Waals surface area (Å²) in [7, 11) is 0. The topological polar surface area (TPSA) is 76.0 Å². The summed E-state index contributed by atoms with van der Waals surface area (Å²) in [5.41, 5.74) is -6.18. The predicted molar refractivity (Wildman–Crippen MR) is 88.0 cm³/mol. The second kappa shape index (κ2) is 8.97. The number of rotatable bonds is 7. The van der Waals surface area contributed by atoms with Crippen LogP contribution in [0.2, 0.25) is 0 Å². The lowest BCUT2D eigenvalue weighted by Gasteiger charge is -2.38. The van der Waals surface area contributed by atoms with Crippen molar-refractivity contribution < 1.29 is 77.2 Å². The van der Waals surface area contributed by atoms with Crippen molar-refractivity contribution in [3.05, 3.63) is 12.2 Å². The lowest BCUT2D eigenvalue weighted by molar-refractivity contribution is -0.455. The van der Waals surface area contributed by atoms with Gasteiger partial charge < -0.3 is 19.7 Å². The zero-order valence-corrected chi connectivity index (χ0v) is 17.2. The van der Waals surface area contributed by atoms with Crippen molar-refractivity contribution in [1.82, 2.24) is 0 Å². The Bertz CT molecular complexity index is 785. The molecule has 0 aromatic carbocycles. The molecule has 0 radical (unpaired) electrons. The van der Waals surface area contributed by atoms with Crippen molar-refractivity contribution in [2.24, 2.45) is 17.8 Å². The van der Waals surface area contributed by atoms with Gasteiger partial charge in [-0.3, -0.25) is 0 Å². The molecule has 0 saturated heterocycles. The first-order valence-corrected chi connectivity index (χ1v) is 9.69. The Hall–Kier alpha value is -1.75. The molecule has 0 amide bonds. The smallest absolute Gasteiger partial charge is 0.453 e. The van der Waals surface area contributed by atoms with E-state index in [9.17, 15) is 62.6 Å². The van der Waals surface area contributed by atoms with Gasteiger partial charge in [-0.25, -0.2) is 4.79 Å². The number of hydrogen-bond donors (Lipinski definition) is 2. The van der Waals surface area contributed by atoms with Crippen molar-refractivity contribution in [1.29, 1.82) is 0 Å². The predicted octanol–water partition coefficient (Wildman–Crippen LogP) is 4.58. The molecule has 5 nitrogen and oxygen atoms in total. The molecule has 0 aromatic rings. The number of ether oxygens (including phenoxy) is 2. The minimum atomic E-state index is -6.36. The average Bonchev–Trinajstić information content (AvgIpc) is 3.21. The average molecular weight is 542 g/mol. The van der Waals surface area contributed by atoms with Gasteiger partial charge in [0.1, 0.15) is 6.10 Å². The van der Waals surface area contributed by atoms with Crippen molar-refractivity contribution in [2.75, 3.05) is 6.61 Å². The van der Waals surface area contributed by atoms with Crippen molar-refractivity contribution in [3.63, 3.8) is 0 Å². The minimum Gasteiger partial charge on any atom is -0.459 e. The molecular formula is C18H18F12O5. The van der Waals surface area contributed by atoms with Gasteiger partial charge in [-0.15, -0.1) is 0 Å². The zero-order valence-electron chi connectivity index (χ0n) is 17.2. The Morgan fingerprint density at radius 2 is 1.29 bits per heavy atom. The summed E-state index contributed by atoms with van der Waals surface area (Å²) in [6, 6.07) is 0. The standard InChI is InChI=1S/C18H18F12O5/c1-7(6-34-14(33,17(25,26)27)18(28,29)30)12(31)35-11-4-8-2-9(10(11)3-8)5-13(32,15(19,20)21)16(22,23)24/h8-11,32-33H,1-6H2. The minimum absolute atomic E-state index is 0.0132. The summed E-state index contributed by atoms with van der Waals surface area (Å²) in [5, 5.41) is 18.3. The fourth-order valence-corrected chi connectivity index (χ4v) is 4.37. The molecule has 204 valence electrons. The molecular weight excluding hydrogens is 524 g/mol. The van der Waals surface area contributed by atoms with Gasteiger partial charge in [-0.05, 0) is 43.4 Å². The van der Waals surface area contributed by atoms with Gasteiger partial charge in [0.2, 0.25) is 0 Å². The van der Waals surface area contributed by atoms with E-state index in [0.29, 0.717) is 0 Å². The van der Waals surface area contributed by atoms with Gasteiger partial charge in [0, 0.05) is 0 Å². The first kappa shape index (κ1) is 29.5. The number of carbonyl (C=O) groups excluding carboxylic acids is 1. The molecule has 35 heavy (non-hydrogen) atoms. The molecule has 2 fully saturated rings. The summed E-state index contributed by atoms with van der Waals surface area (Å²) in [5.74, 6) is -10.3. The van der Waals surface area contributed by atoms with E-state index in [-0.39, 0.29) is 19.3 Å². The van der Waals surface area contributed by atoms with Crippen molar-refractivity contribution in [3.8, 4) is 0 Å². The van der Waals surface area contributed by atoms with Crippen LogP contribution in [-0.2, 0) is 14.3 Å². The van der Waals surface area contributed by atoms with Gasteiger partial charge in [0.05, 0.1) is 12.2 Å². The number of hydrogen-bond acceptors (Lipinski definition) is 5. The summed E-state index contributed by atoms with van der Waals surface area (Å²) in [6.45, 7) is 1.07. The van der Waals surface area contributed by atoms with Crippen LogP contribution in [0.5, 0.6) is 0 Å². The Morgan fingerprint density at radius 3 is 1.69 bits per heavy atom. The molecule has 2 aliphatic rings. The van der Waals surface area contributed by atoms with Crippen LogP contribution in [0.3, 0.4) is 0 Å². The quantitative estimate of drug-likeness (QED) is 0.213. The number of fused-ring (bicyclic) bond motifs is 2. The highest BCUT2D eigenvalue weighted by Gasteiger charge is 2.73. The zero-order chi connectivity index (χ0) is 27.4. The van der Waals surface area contributed by atoms with Crippen LogP contribution in [0.1, 0.15) is 25.7 Å². The van der Waals surface area contributed by atoms with E-state index in [1.807, 2.05) is 0 Å². The first-order chi connectivity index (χ1) is 15.4. The molecule has 4 atom stereocenters. The number of esters is 1. The molecule has 0 aliphatic heterocycles. The highest BCUT2D eigenvalue weighted by atomic mass is 19.4. The normalized spacial score (nSPS) is 26.2. The van der Waals surface area contributed by atoms with E-state index < -0.39 is 84.5 Å². The van der Waals surface area contributed by atoms with Crippen molar-refractivity contribution in [2.45, 2.75) is 67.9 Å². The fourth-order valence-electron chi connectivity index (χ4n) is 4.37. The van der Waals surface area contributed by atoms with Crippen LogP contribution >= 0.6 is 0 Å². The SMILES string of the molecule is C=C(COC(O)(C(F)(F)F)C(F)(F)F)C(=O)OC1CC2CC(CC(O)(C(F)(F)F)C(F)(F)F)C1C2. The van der Waals surface area contributed by atoms with Crippen LogP contribution in [0, 0.1) is 17.8 Å². The molecule has 2 saturated carbocycles. The Labute approximate surface area is 188 Å². The molecule has 2 rings (SSSR count). The molecule has 4 unspecified atom stereocenters. The highest BCUT2D eigenvalue weighted by molar-refractivity contribution is 5.88. The Morgan fingerprint density at radius 1 is 0.800 bits per heavy atom. The largest absolute Gasteiger partial charge is 0.459 e. The summed E-state index contributed by atoms with van der Waals surface area (Å²) >= 11 is 0. The lowest BCUT2D eigenvalue weighted by atomic mass is 9.78. The first-order valence-electron chi connectivity index (χ1n) is 9.69. The number of alkyl halides is 12. The van der Waals surface area contributed by atoms with E-state index in [2.05, 4.69) is 11.3 Å². The Kier molecular flexibility index (Phi) is 7.56. The monoisotopic (exact) mass is 542 g/mol. The maximum atomic E-state index is 13.0. The fraction of sp³-hybridized carbons (Fsp3) is 0.833. The third-order valence-corrected chi connectivity index (χ3v) is 6.16. The van der Waals surface area contributed by atoms with E-state index in [1.165, 1.54) is 0 Å². The van der Waals surface area contributed by atoms with Gasteiger partial charge in [0.15, 0.2) is 0 Å². The second-order valence-electron chi connectivity index (χ2n) is 8.53. The van der Waals surface area contributed by atoms with Crippen LogP contribution in [0.4, 0.5) is 52.7 Å². The van der Waals surface area contributed by atoms with E-state index in [1.54, 1.807) is 0 Å².